The summed E-state index contributed by atoms with van der Waals surface area (Å²) in [4.78, 5) is 13.5. The number of aliphatic hydroxyl groups is 1. The van der Waals surface area contributed by atoms with Gasteiger partial charge in [0.2, 0.25) is 5.91 Å². The van der Waals surface area contributed by atoms with Crippen molar-refractivity contribution in [2.24, 2.45) is 5.92 Å². The van der Waals surface area contributed by atoms with E-state index in [4.69, 9.17) is 9.84 Å². The third-order valence-corrected chi connectivity index (χ3v) is 3.46. The molecule has 0 aliphatic carbocycles. The predicted molar refractivity (Wildman–Crippen MR) is 73.1 cm³/mol. The Labute approximate surface area is 114 Å². The van der Waals surface area contributed by atoms with Crippen molar-refractivity contribution < 1.29 is 14.6 Å². The van der Waals surface area contributed by atoms with Gasteiger partial charge in [-0.1, -0.05) is 12.1 Å². The summed E-state index contributed by atoms with van der Waals surface area (Å²) in [5.74, 6) is 1.15. The maximum atomic E-state index is 11.7. The SMILES string of the molecule is CCOc1ccc(CCN2CC(CO)CC2=O)cc1. The Hall–Kier alpha value is -1.55. The summed E-state index contributed by atoms with van der Waals surface area (Å²) in [6, 6.07) is 7.99. The first kappa shape index (κ1) is 13.9. The van der Waals surface area contributed by atoms with Crippen LogP contribution >= 0.6 is 0 Å². The standard InChI is InChI=1S/C15H21NO3/c1-2-19-14-5-3-12(4-6-14)7-8-16-10-13(11-17)9-15(16)18/h3-6,13,17H,2,7-11H2,1H3. The van der Waals surface area contributed by atoms with Crippen LogP contribution in [0.15, 0.2) is 24.3 Å². The molecule has 1 N–H and O–H groups in total. The molecule has 19 heavy (non-hydrogen) atoms. The average Bonchev–Trinajstić information content (AvgIpc) is 2.79. The minimum Gasteiger partial charge on any atom is -0.494 e. The molecule has 0 spiro atoms. The van der Waals surface area contributed by atoms with Crippen molar-refractivity contribution in [1.82, 2.24) is 4.90 Å². The van der Waals surface area contributed by atoms with E-state index in [1.807, 2.05) is 36.1 Å². The number of rotatable bonds is 6. The van der Waals surface area contributed by atoms with Crippen molar-refractivity contribution in [2.75, 3.05) is 26.3 Å². The molecule has 0 bridgehead atoms. The molecule has 2 rings (SSSR count). The van der Waals surface area contributed by atoms with Crippen LogP contribution in [-0.4, -0.2) is 42.2 Å². The number of hydrogen-bond acceptors (Lipinski definition) is 3. The lowest BCUT2D eigenvalue weighted by Crippen LogP contribution is -2.27. The first-order valence-electron chi connectivity index (χ1n) is 6.83. The van der Waals surface area contributed by atoms with Crippen LogP contribution in [0.2, 0.25) is 0 Å². The van der Waals surface area contributed by atoms with Crippen LogP contribution in [0.3, 0.4) is 0 Å². The van der Waals surface area contributed by atoms with Gasteiger partial charge in [-0.05, 0) is 31.0 Å². The van der Waals surface area contributed by atoms with Crippen molar-refractivity contribution in [3.05, 3.63) is 29.8 Å². The molecule has 0 radical (unpaired) electrons. The molecule has 4 nitrogen and oxygen atoms in total. The molecule has 104 valence electrons. The zero-order valence-electron chi connectivity index (χ0n) is 11.3. The van der Waals surface area contributed by atoms with Gasteiger partial charge in [-0.15, -0.1) is 0 Å². The topological polar surface area (TPSA) is 49.8 Å². The van der Waals surface area contributed by atoms with E-state index in [1.165, 1.54) is 5.56 Å². The van der Waals surface area contributed by atoms with Crippen LogP contribution in [0.4, 0.5) is 0 Å². The van der Waals surface area contributed by atoms with E-state index in [1.54, 1.807) is 0 Å². The summed E-state index contributed by atoms with van der Waals surface area (Å²) in [6.45, 7) is 4.15. The smallest absolute Gasteiger partial charge is 0.223 e. The second-order valence-electron chi connectivity index (χ2n) is 4.92. The van der Waals surface area contributed by atoms with Gasteiger partial charge in [-0.3, -0.25) is 4.79 Å². The Morgan fingerprint density at radius 3 is 2.68 bits per heavy atom. The zero-order valence-corrected chi connectivity index (χ0v) is 11.3. The number of benzene rings is 1. The lowest BCUT2D eigenvalue weighted by atomic mass is 10.1. The molecular formula is C15H21NO3. The maximum absolute atomic E-state index is 11.7. The number of carbonyl (C=O) groups is 1. The fourth-order valence-electron chi connectivity index (χ4n) is 2.38. The van der Waals surface area contributed by atoms with Crippen molar-refractivity contribution in [1.29, 1.82) is 0 Å². The van der Waals surface area contributed by atoms with Gasteiger partial charge in [0.15, 0.2) is 0 Å². The van der Waals surface area contributed by atoms with E-state index >= 15 is 0 Å². The molecule has 1 aromatic carbocycles. The number of aliphatic hydroxyl groups excluding tert-OH is 1. The van der Waals surface area contributed by atoms with Crippen LogP contribution in [0.1, 0.15) is 18.9 Å². The fraction of sp³-hybridized carbons (Fsp3) is 0.533. The van der Waals surface area contributed by atoms with Gasteiger partial charge in [0.25, 0.3) is 0 Å². The number of likely N-dealkylation sites (tertiary alicyclic amines) is 1. The zero-order chi connectivity index (χ0) is 13.7. The third kappa shape index (κ3) is 3.70. The summed E-state index contributed by atoms with van der Waals surface area (Å²) in [7, 11) is 0. The molecule has 1 aliphatic rings. The monoisotopic (exact) mass is 263 g/mol. The number of hydrogen-bond donors (Lipinski definition) is 1. The molecular weight excluding hydrogens is 242 g/mol. The van der Waals surface area contributed by atoms with Crippen molar-refractivity contribution in [2.45, 2.75) is 19.8 Å². The lowest BCUT2D eigenvalue weighted by molar-refractivity contribution is -0.127. The van der Waals surface area contributed by atoms with Crippen molar-refractivity contribution >= 4 is 5.91 Å². The second-order valence-corrected chi connectivity index (χ2v) is 4.92. The Morgan fingerprint density at radius 2 is 2.11 bits per heavy atom. The minimum atomic E-state index is 0.102. The van der Waals surface area contributed by atoms with E-state index in [0.29, 0.717) is 19.6 Å². The molecule has 0 saturated carbocycles. The number of carbonyl (C=O) groups excluding carboxylic acids is 1. The van der Waals surface area contributed by atoms with Crippen LogP contribution in [0.5, 0.6) is 5.75 Å². The minimum absolute atomic E-state index is 0.102. The molecule has 1 fully saturated rings. The molecule has 4 heteroatoms. The van der Waals surface area contributed by atoms with Crippen LogP contribution < -0.4 is 4.74 Å². The molecule has 1 aromatic rings. The van der Waals surface area contributed by atoms with Gasteiger partial charge >= 0.3 is 0 Å². The quantitative estimate of drug-likeness (QED) is 0.845. The van der Waals surface area contributed by atoms with E-state index < -0.39 is 0 Å². The normalized spacial score (nSPS) is 18.9. The number of amides is 1. The molecule has 1 aliphatic heterocycles. The molecule has 1 unspecified atom stereocenters. The van der Waals surface area contributed by atoms with Gasteiger partial charge in [0, 0.05) is 32.0 Å². The van der Waals surface area contributed by atoms with E-state index in [-0.39, 0.29) is 18.4 Å². The molecule has 1 amide bonds. The summed E-state index contributed by atoms with van der Waals surface area (Å²) in [6.07, 6.45) is 1.33. The average molecular weight is 263 g/mol. The summed E-state index contributed by atoms with van der Waals surface area (Å²) in [5, 5.41) is 9.08. The van der Waals surface area contributed by atoms with Crippen LogP contribution in [0, 0.1) is 5.92 Å². The largest absolute Gasteiger partial charge is 0.494 e. The first-order chi connectivity index (χ1) is 9.22. The molecule has 1 heterocycles. The summed E-state index contributed by atoms with van der Waals surface area (Å²) >= 11 is 0. The lowest BCUT2D eigenvalue weighted by Gasteiger charge is -2.16. The summed E-state index contributed by atoms with van der Waals surface area (Å²) < 4.78 is 5.39. The predicted octanol–water partition coefficient (Wildman–Crippen LogP) is 1.47. The highest BCUT2D eigenvalue weighted by Gasteiger charge is 2.28. The Kier molecular flexibility index (Phi) is 4.80. The van der Waals surface area contributed by atoms with E-state index in [2.05, 4.69) is 0 Å². The van der Waals surface area contributed by atoms with Gasteiger partial charge in [0.05, 0.1) is 6.61 Å². The molecule has 1 saturated heterocycles. The van der Waals surface area contributed by atoms with Crippen molar-refractivity contribution in [3.63, 3.8) is 0 Å². The highest BCUT2D eigenvalue weighted by Crippen LogP contribution is 2.18. The van der Waals surface area contributed by atoms with Crippen molar-refractivity contribution in [3.8, 4) is 5.75 Å². The number of ether oxygens (including phenoxy) is 1. The molecule has 0 aromatic heterocycles. The Balaban J connectivity index is 1.83. The van der Waals surface area contributed by atoms with E-state index in [0.717, 1.165) is 18.7 Å². The molecule has 1 atom stereocenters. The number of nitrogens with zero attached hydrogens (tertiary/aromatic N) is 1. The highest BCUT2D eigenvalue weighted by atomic mass is 16.5. The Morgan fingerprint density at radius 1 is 1.37 bits per heavy atom. The van der Waals surface area contributed by atoms with E-state index in [9.17, 15) is 4.79 Å². The van der Waals surface area contributed by atoms with Gasteiger partial charge in [0.1, 0.15) is 5.75 Å². The van der Waals surface area contributed by atoms with Gasteiger partial charge in [-0.25, -0.2) is 0 Å². The van der Waals surface area contributed by atoms with Crippen LogP contribution in [-0.2, 0) is 11.2 Å². The second kappa shape index (κ2) is 6.57. The first-order valence-corrected chi connectivity index (χ1v) is 6.83. The van der Waals surface area contributed by atoms with Gasteiger partial charge < -0.3 is 14.7 Å². The maximum Gasteiger partial charge on any atom is 0.223 e. The summed E-state index contributed by atoms with van der Waals surface area (Å²) in [5.41, 5.74) is 1.20. The third-order valence-electron chi connectivity index (χ3n) is 3.46. The van der Waals surface area contributed by atoms with Crippen LogP contribution in [0.25, 0.3) is 0 Å². The Bertz CT molecular complexity index is 416. The highest BCUT2D eigenvalue weighted by molar-refractivity contribution is 5.78. The van der Waals surface area contributed by atoms with Gasteiger partial charge in [-0.2, -0.15) is 0 Å². The fourth-order valence-corrected chi connectivity index (χ4v) is 2.38.